The number of piperidine rings is 1. The number of hydrogen-bond donors (Lipinski definition) is 2. The lowest BCUT2D eigenvalue weighted by atomic mass is 9.78. The largest absolute Gasteiger partial charge is 0.481 e. The topological polar surface area (TPSA) is 69.6 Å². The van der Waals surface area contributed by atoms with E-state index in [4.69, 9.17) is 0 Å². The maximum absolute atomic E-state index is 12.3. The van der Waals surface area contributed by atoms with Crippen LogP contribution >= 0.6 is 0 Å². The molecule has 1 aliphatic heterocycles. The Kier molecular flexibility index (Phi) is 6.03. The molecule has 5 heteroatoms. The second kappa shape index (κ2) is 7.78. The van der Waals surface area contributed by atoms with Gasteiger partial charge in [0.15, 0.2) is 0 Å². The van der Waals surface area contributed by atoms with Crippen LogP contribution in [-0.4, -0.2) is 48.1 Å². The predicted molar refractivity (Wildman–Crippen MR) is 80.9 cm³/mol. The average molecular weight is 296 g/mol. The molecule has 2 unspecified atom stereocenters. The number of amides is 1. The molecule has 2 aliphatic rings. The summed E-state index contributed by atoms with van der Waals surface area (Å²) in [4.78, 5) is 26.0. The molecule has 1 heterocycles. The van der Waals surface area contributed by atoms with E-state index in [2.05, 4.69) is 17.1 Å². The Labute approximate surface area is 127 Å². The highest BCUT2D eigenvalue weighted by molar-refractivity contribution is 5.84. The lowest BCUT2D eigenvalue weighted by Crippen LogP contribution is -2.43. The molecule has 0 bridgehead atoms. The van der Waals surface area contributed by atoms with E-state index in [-0.39, 0.29) is 11.8 Å². The second-order valence-electron chi connectivity index (χ2n) is 6.46. The zero-order valence-electron chi connectivity index (χ0n) is 13.0. The molecular formula is C16H28N2O3. The van der Waals surface area contributed by atoms with Crippen LogP contribution in [0.2, 0.25) is 0 Å². The zero-order chi connectivity index (χ0) is 15.2. The van der Waals surface area contributed by atoms with Gasteiger partial charge in [-0.05, 0) is 51.2 Å². The van der Waals surface area contributed by atoms with Gasteiger partial charge in [0.1, 0.15) is 0 Å². The van der Waals surface area contributed by atoms with Gasteiger partial charge in [-0.3, -0.25) is 9.59 Å². The summed E-state index contributed by atoms with van der Waals surface area (Å²) in [6.07, 6.45) is 5.51. The minimum absolute atomic E-state index is 0.0416. The molecule has 2 atom stereocenters. The van der Waals surface area contributed by atoms with Gasteiger partial charge in [0.25, 0.3) is 0 Å². The molecule has 0 aromatic heterocycles. The van der Waals surface area contributed by atoms with Crippen molar-refractivity contribution in [2.45, 2.75) is 45.4 Å². The van der Waals surface area contributed by atoms with Crippen molar-refractivity contribution in [3.63, 3.8) is 0 Å². The normalized spacial score (nSPS) is 28.2. The molecule has 1 saturated carbocycles. The van der Waals surface area contributed by atoms with Crippen molar-refractivity contribution in [3.05, 3.63) is 0 Å². The van der Waals surface area contributed by atoms with E-state index in [0.29, 0.717) is 18.9 Å². The van der Waals surface area contributed by atoms with Crippen LogP contribution in [0.3, 0.4) is 0 Å². The Morgan fingerprint density at radius 1 is 1.10 bits per heavy atom. The molecule has 1 aliphatic carbocycles. The number of hydrogen-bond acceptors (Lipinski definition) is 3. The first kappa shape index (κ1) is 16.3. The standard InChI is InChI=1S/C16H28N2O3/c1-2-18-9-7-12(8-10-18)11-17-15(19)13-5-3-4-6-14(13)16(20)21/h12-14H,2-11H2,1H3,(H,17,19)(H,20,21). The van der Waals surface area contributed by atoms with Gasteiger partial charge in [-0.1, -0.05) is 19.8 Å². The van der Waals surface area contributed by atoms with E-state index in [9.17, 15) is 14.7 Å². The average Bonchev–Trinajstić information content (AvgIpc) is 2.53. The van der Waals surface area contributed by atoms with Crippen LogP contribution in [0, 0.1) is 17.8 Å². The van der Waals surface area contributed by atoms with Gasteiger partial charge < -0.3 is 15.3 Å². The fraction of sp³-hybridized carbons (Fsp3) is 0.875. The number of nitrogens with one attached hydrogen (secondary N) is 1. The molecule has 0 spiro atoms. The highest BCUT2D eigenvalue weighted by Crippen LogP contribution is 2.30. The quantitative estimate of drug-likeness (QED) is 0.810. The maximum Gasteiger partial charge on any atom is 0.307 e. The molecular weight excluding hydrogens is 268 g/mol. The molecule has 2 N–H and O–H groups in total. The van der Waals surface area contributed by atoms with Crippen molar-refractivity contribution in [1.29, 1.82) is 0 Å². The van der Waals surface area contributed by atoms with Crippen LogP contribution in [0.5, 0.6) is 0 Å². The monoisotopic (exact) mass is 296 g/mol. The fourth-order valence-corrected chi connectivity index (χ4v) is 3.62. The number of rotatable bonds is 5. The summed E-state index contributed by atoms with van der Waals surface area (Å²) in [5.41, 5.74) is 0. The minimum atomic E-state index is -0.814. The molecule has 120 valence electrons. The lowest BCUT2D eigenvalue weighted by molar-refractivity contribution is -0.149. The number of carboxylic acids is 1. The molecule has 0 aromatic rings. The summed E-state index contributed by atoms with van der Waals surface area (Å²) < 4.78 is 0. The Balaban J connectivity index is 1.77. The molecule has 5 nitrogen and oxygen atoms in total. The van der Waals surface area contributed by atoms with Crippen molar-refractivity contribution >= 4 is 11.9 Å². The summed E-state index contributed by atoms with van der Waals surface area (Å²) in [5.74, 6) is -1.12. The molecule has 21 heavy (non-hydrogen) atoms. The first-order valence-electron chi connectivity index (χ1n) is 8.34. The van der Waals surface area contributed by atoms with Crippen molar-refractivity contribution in [3.8, 4) is 0 Å². The SMILES string of the molecule is CCN1CCC(CNC(=O)C2CCCCC2C(=O)O)CC1. The van der Waals surface area contributed by atoms with E-state index in [1.54, 1.807) is 0 Å². The van der Waals surface area contributed by atoms with Gasteiger partial charge in [-0.2, -0.15) is 0 Å². The highest BCUT2D eigenvalue weighted by atomic mass is 16.4. The smallest absolute Gasteiger partial charge is 0.307 e. The fourth-order valence-electron chi connectivity index (χ4n) is 3.62. The van der Waals surface area contributed by atoms with Gasteiger partial charge in [-0.15, -0.1) is 0 Å². The van der Waals surface area contributed by atoms with Gasteiger partial charge in [0, 0.05) is 6.54 Å². The highest BCUT2D eigenvalue weighted by Gasteiger charge is 2.35. The summed E-state index contributed by atoms with van der Waals surface area (Å²) in [7, 11) is 0. The van der Waals surface area contributed by atoms with Crippen LogP contribution in [0.1, 0.15) is 45.4 Å². The van der Waals surface area contributed by atoms with Gasteiger partial charge in [0.2, 0.25) is 5.91 Å². The second-order valence-corrected chi connectivity index (χ2v) is 6.46. The minimum Gasteiger partial charge on any atom is -0.481 e. The van der Waals surface area contributed by atoms with Gasteiger partial charge in [-0.25, -0.2) is 0 Å². The van der Waals surface area contributed by atoms with E-state index in [1.807, 2.05) is 0 Å². The van der Waals surface area contributed by atoms with E-state index in [1.165, 1.54) is 0 Å². The van der Waals surface area contributed by atoms with Crippen molar-refractivity contribution in [1.82, 2.24) is 10.2 Å². The molecule has 0 radical (unpaired) electrons. The zero-order valence-corrected chi connectivity index (χ0v) is 13.0. The molecule has 2 fully saturated rings. The summed E-state index contributed by atoms with van der Waals surface area (Å²) in [6, 6.07) is 0. The van der Waals surface area contributed by atoms with Crippen molar-refractivity contribution in [2.75, 3.05) is 26.2 Å². The Hall–Kier alpha value is -1.10. The summed E-state index contributed by atoms with van der Waals surface area (Å²) >= 11 is 0. The van der Waals surface area contributed by atoms with Crippen LogP contribution in [0.15, 0.2) is 0 Å². The number of likely N-dealkylation sites (tertiary alicyclic amines) is 1. The Bertz CT molecular complexity index is 365. The van der Waals surface area contributed by atoms with Crippen LogP contribution in [-0.2, 0) is 9.59 Å². The molecule has 1 saturated heterocycles. The van der Waals surface area contributed by atoms with Crippen LogP contribution in [0.25, 0.3) is 0 Å². The van der Waals surface area contributed by atoms with Gasteiger partial charge >= 0.3 is 5.97 Å². The van der Waals surface area contributed by atoms with Crippen molar-refractivity contribution < 1.29 is 14.7 Å². The van der Waals surface area contributed by atoms with E-state index >= 15 is 0 Å². The van der Waals surface area contributed by atoms with E-state index in [0.717, 1.165) is 51.7 Å². The third-order valence-corrected chi connectivity index (χ3v) is 5.14. The third kappa shape index (κ3) is 4.43. The summed E-state index contributed by atoms with van der Waals surface area (Å²) in [6.45, 7) is 6.20. The number of carboxylic acid groups (broad SMARTS) is 1. The Morgan fingerprint density at radius 2 is 1.71 bits per heavy atom. The molecule has 1 amide bonds. The number of carbonyl (C=O) groups is 2. The Morgan fingerprint density at radius 3 is 2.29 bits per heavy atom. The van der Waals surface area contributed by atoms with Crippen LogP contribution in [0.4, 0.5) is 0 Å². The molecule has 2 rings (SSSR count). The van der Waals surface area contributed by atoms with Crippen LogP contribution < -0.4 is 5.32 Å². The number of nitrogens with zero attached hydrogens (tertiary/aromatic N) is 1. The van der Waals surface area contributed by atoms with E-state index < -0.39 is 11.9 Å². The predicted octanol–water partition coefficient (Wildman–Crippen LogP) is 1.73. The maximum atomic E-state index is 12.3. The third-order valence-electron chi connectivity index (χ3n) is 5.14. The number of carbonyl (C=O) groups excluding carboxylic acids is 1. The summed E-state index contributed by atoms with van der Waals surface area (Å²) in [5, 5.41) is 12.3. The first-order chi connectivity index (χ1) is 10.1. The van der Waals surface area contributed by atoms with Gasteiger partial charge in [0.05, 0.1) is 11.8 Å². The lowest BCUT2D eigenvalue weighted by Gasteiger charge is -2.32. The first-order valence-corrected chi connectivity index (χ1v) is 8.34. The number of aliphatic carboxylic acids is 1. The van der Waals surface area contributed by atoms with Crippen molar-refractivity contribution in [2.24, 2.45) is 17.8 Å². The molecule has 0 aromatic carbocycles.